The van der Waals surface area contributed by atoms with E-state index in [0.717, 1.165) is 17.5 Å². The Morgan fingerprint density at radius 1 is 1.08 bits per heavy atom. The summed E-state index contributed by atoms with van der Waals surface area (Å²) in [6.07, 6.45) is 5.80. The maximum atomic E-state index is 13.7. The molecule has 0 radical (unpaired) electrons. The molecule has 1 atom stereocenters. The van der Waals surface area contributed by atoms with E-state index in [1.54, 1.807) is 28.4 Å². The fraction of sp³-hybridized carbons (Fsp3) is 0.290. The van der Waals surface area contributed by atoms with E-state index < -0.39 is 0 Å². The van der Waals surface area contributed by atoms with Crippen LogP contribution in [0.2, 0.25) is 0 Å². The summed E-state index contributed by atoms with van der Waals surface area (Å²) in [5.41, 5.74) is 4.55. The molecule has 36 heavy (non-hydrogen) atoms. The minimum Gasteiger partial charge on any atom is -0.330 e. The normalized spacial score (nSPS) is 15.5. The lowest BCUT2D eigenvalue weighted by atomic mass is 9.85. The number of amides is 2. The van der Waals surface area contributed by atoms with E-state index in [1.165, 1.54) is 22.1 Å². The average Bonchev–Trinajstić information content (AvgIpc) is 3.35. The zero-order valence-electron chi connectivity index (χ0n) is 21.3. The van der Waals surface area contributed by atoms with E-state index >= 15 is 0 Å². The van der Waals surface area contributed by atoms with Crippen molar-refractivity contribution >= 4 is 29.2 Å². The van der Waals surface area contributed by atoms with Gasteiger partial charge in [0.2, 0.25) is 11.8 Å². The number of carbonyl (C=O) groups is 2. The van der Waals surface area contributed by atoms with Crippen molar-refractivity contribution in [2.24, 2.45) is 0 Å². The van der Waals surface area contributed by atoms with Crippen molar-refractivity contribution in [2.75, 3.05) is 19.6 Å². The fourth-order valence-electron chi connectivity index (χ4n) is 4.59. The molecule has 3 aromatic rings. The summed E-state index contributed by atoms with van der Waals surface area (Å²) in [5, 5.41) is 2.11. The summed E-state index contributed by atoms with van der Waals surface area (Å²) < 4.78 is 0. The molecular formula is C31H34N2O2S. The van der Waals surface area contributed by atoms with Crippen LogP contribution in [0.15, 0.2) is 84.8 Å². The Kier molecular flexibility index (Phi) is 7.90. The molecule has 0 N–H and O–H groups in total. The zero-order valence-corrected chi connectivity index (χ0v) is 22.1. The van der Waals surface area contributed by atoms with E-state index in [9.17, 15) is 9.59 Å². The molecule has 0 bridgehead atoms. The monoisotopic (exact) mass is 498 g/mol. The molecule has 1 aliphatic rings. The first kappa shape index (κ1) is 25.6. The smallest absolute Gasteiger partial charge is 0.247 e. The maximum Gasteiger partial charge on any atom is 0.247 e. The molecule has 2 aromatic carbocycles. The van der Waals surface area contributed by atoms with Crippen LogP contribution in [0.3, 0.4) is 0 Å². The number of hydrogen-bond acceptors (Lipinski definition) is 3. The SMILES string of the molecule is C=CCN(CC(=O)N1CCc2sccc2[C@@H]1c1ccc(C(C)(C)C)cc1)C(=O)/C=C/c1ccccc1. The Labute approximate surface area is 218 Å². The lowest BCUT2D eigenvalue weighted by molar-refractivity contribution is -0.139. The Hall–Kier alpha value is -3.44. The van der Waals surface area contributed by atoms with Crippen molar-refractivity contribution in [1.29, 1.82) is 0 Å². The predicted molar refractivity (Wildman–Crippen MR) is 149 cm³/mol. The summed E-state index contributed by atoms with van der Waals surface area (Å²) >= 11 is 1.75. The summed E-state index contributed by atoms with van der Waals surface area (Å²) in [5.74, 6) is -0.258. The second-order valence-electron chi connectivity index (χ2n) is 10.2. The molecule has 5 heteroatoms. The maximum absolute atomic E-state index is 13.7. The van der Waals surface area contributed by atoms with Crippen LogP contribution in [0.5, 0.6) is 0 Å². The largest absolute Gasteiger partial charge is 0.330 e. The van der Waals surface area contributed by atoms with Gasteiger partial charge in [0.05, 0.1) is 6.04 Å². The first-order valence-corrected chi connectivity index (χ1v) is 13.2. The molecule has 0 aliphatic carbocycles. The van der Waals surface area contributed by atoms with Crippen molar-refractivity contribution in [3.05, 3.63) is 112 Å². The van der Waals surface area contributed by atoms with Crippen LogP contribution in [0.25, 0.3) is 6.08 Å². The highest BCUT2D eigenvalue weighted by Crippen LogP contribution is 2.38. The van der Waals surface area contributed by atoms with Crippen molar-refractivity contribution < 1.29 is 9.59 Å². The van der Waals surface area contributed by atoms with Gasteiger partial charge in [-0.3, -0.25) is 9.59 Å². The van der Waals surface area contributed by atoms with Gasteiger partial charge < -0.3 is 9.80 Å². The molecule has 0 spiro atoms. The van der Waals surface area contributed by atoms with Crippen LogP contribution in [0.4, 0.5) is 0 Å². The minimum absolute atomic E-state index is 0.0139. The Morgan fingerprint density at radius 3 is 2.47 bits per heavy atom. The van der Waals surface area contributed by atoms with E-state index in [1.807, 2.05) is 35.2 Å². The molecule has 186 valence electrons. The van der Waals surface area contributed by atoms with Gasteiger partial charge in [0.1, 0.15) is 6.54 Å². The number of carbonyl (C=O) groups excluding carboxylic acids is 2. The van der Waals surface area contributed by atoms with Gasteiger partial charge in [0, 0.05) is 24.0 Å². The predicted octanol–water partition coefficient (Wildman–Crippen LogP) is 6.25. The third-order valence-corrected chi connectivity index (χ3v) is 7.58. The van der Waals surface area contributed by atoms with Crippen LogP contribution in [-0.2, 0) is 21.4 Å². The number of thiophene rings is 1. The van der Waals surface area contributed by atoms with E-state index in [2.05, 4.69) is 63.1 Å². The third kappa shape index (κ3) is 5.85. The molecule has 0 saturated carbocycles. The van der Waals surface area contributed by atoms with Crippen LogP contribution < -0.4 is 0 Å². The summed E-state index contributed by atoms with van der Waals surface area (Å²) in [4.78, 5) is 31.5. The van der Waals surface area contributed by atoms with Gasteiger partial charge in [0.15, 0.2) is 0 Å². The average molecular weight is 499 g/mol. The number of hydrogen-bond donors (Lipinski definition) is 0. The van der Waals surface area contributed by atoms with Crippen molar-refractivity contribution in [3.63, 3.8) is 0 Å². The quantitative estimate of drug-likeness (QED) is 0.285. The van der Waals surface area contributed by atoms with Gasteiger partial charge in [0.25, 0.3) is 0 Å². The highest BCUT2D eigenvalue weighted by atomic mass is 32.1. The van der Waals surface area contributed by atoms with Gasteiger partial charge in [-0.15, -0.1) is 17.9 Å². The standard InChI is InChI=1S/C31H34N2O2S/c1-5-19-32(28(34)16-11-23-9-7-6-8-10-23)22-29(35)33-20-17-27-26(18-21-36-27)30(33)24-12-14-25(15-13-24)31(2,3)4/h5-16,18,21,30H,1,17,19-20,22H2,2-4H3/b16-11+/t30-/m0/s1. The number of benzene rings is 2. The van der Waals surface area contributed by atoms with Crippen LogP contribution in [0, 0.1) is 0 Å². The van der Waals surface area contributed by atoms with Gasteiger partial charge in [-0.1, -0.05) is 81.4 Å². The molecule has 0 saturated heterocycles. The number of fused-ring (bicyclic) bond motifs is 1. The zero-order chi connectivity index (χ0) is 25.7. The minimum atomic E-state index is -0.202. The summed E-state index contributed by atoms with van der Waals surface area (Å²) in [7, 11) is 0. The van der Waals surface area contributed by atoms with Crippen molar-refractivity contribution in [2.45, 2.75) is 38.6 Å². The molecule has 4 nitrogen and oxygen atoms in total. The molecule has 1 aliphatic heterocycles. The molecule has 2 amide bonds. The lowest BCUT2D eigenvalue weighted by Crippen LogP contribution is -2.46. The van der Waals surface area contributed by atoms with Gasteiger partial charge in [-0.05, 0) is 51.6 Å². The summed E-state index contributed by atoms with van der Waals surface area (Å²) in [6.45, 7) is 11.4. The fourth-order valence-corrected chi connectivity index (χ4v) is 5.49. The number of nitrogens with zero attached hydrogens (tertiary/aromatic N) is 2. The summed E-state index contributed by atoms with van der Waals surface area (Å²) in [6, 6.07) is 20.3. The van der Waals surface area contributed by atoms with Crippen LogP contribution in [0.1, 0.15) is 53.9 Å². The van der Waals surface area contributed by atoms with Gasteiger partial charge in [-0.2, -0.15) is 0 Å². The van der Waals surface area contributed by atoms with Crippen LogP contribution >= 0.6 is 11.3 Å². The molecule has 4 rings (SSSR count). The first-order chi connectivity index (χ1) is 17.3. The second-order valence-corrected chi connectivity index (χ2v) is 11.2. The molecule has 1 aromatic heterocycles. The molecule has 0 unspecified atom stereocenters. The van der Waals surface area contributed by atoms with E-state index in [0.29, 0.717) is 13.1 Å². The van der Waals surface area contributed by atoms with Crippen molar-refractivity contribution in [3.8, 4) is 0 Å². The van der Waals surface area contributed by atoms with Gasteiger partial charge >= 0.3 is 0 Å². The molecular weight excluding hydrogens is 464 g/mol. The highest BCUT2D eigenvalue weighted by molar-refractivity contribution is 7.10. The second kappa shape index (κ2) is 11.1. The Bertz CT molecular complexity index is 1240. The lowest BCUT2D eigenvalue weighted by Gasteiger charge is -2.37. The Balaban J connectivity index is 1.57. The Morgan fingerprint density at radius 2 is 1.81 bits per heavy atom. The first-order valence-electron chi connectivity index (χ1n) is 12.4. The third-order valence-electron chi connectivity index (χ3n) is 6.58. The van der Waals surface area contributed by atoms with E-state index in [4.69, 9.17) is 0 Å². The molecule has 2 heterocycles. The molecule has 0 fully saturated rings. The van der Waals surface area contributed by atoms with Gasteiger partial charge in [-0.25, -0.2) is 0 Å². The van der Waals surface area contributed by atoms with E-state index in [-0.39, 0.29) is 29.8 Å². The number of rotatable bonds is 7. The van der Waals surface area contributed by atoms with Crippen molar-refractivity contribution in [1.82, 2.24) is 9.80 Å². The highest BCUT2D eigenvalue weighted by Gasteiger charge is 2.33. The van der Waals surface area contributed by atoms with Crippen LogP contribution in [-0.4, -0.2) is 41.2 Å². The topological polar surface area (TPSA) is 40.6 Å².